The van der Waals surface area contributed by atoms with E-state index in [1.807, 2.05) is 24.3 Å². The Hall–Kier alpha value is -2.02. The van der Waals surface area contributed by atoms with Crippen LogP contribution in [0.3, 0.4) is 0 Å². The van der Waals surface area contributed by atoms with Crippen molar-refractivity contribution in [3.05, 3.63) is 35.7 Å². The van der Waals surface area contributed by atoms with Crippen LogP contribution in [0.1, 0.15) is 17.9 Å². The molecule has 2 heterocycles. The number of rotatable bonds is 5. The highest BCUT2D eigenvalue weighted by molar-refractivity contribution is 8.00. The van der Waals surface area contributed by atoms with Crippen LogP contribution in [0.4, 0.5) is 0 Å². The molecule has 1 aromatic heterocycles. The summed E-state index contributed by atoms with van der Waals surface area (Å²) in [5.41, 5.74) is 1.02. The third-order valence-electron chi connectivity index (χ3n) is 3.07. The van der Waals surface area contributed by atoms with Crippen molar-refractivity contribution in [2.24, 2.45) is 0 Å². The van der Waals surface area contributed by atoms with E-state index in [0.717, 1.165) is 11.3 Å². The van der Waals surface area contributed by atoms with Crippen LogP contribution >= 0.6 is 11.8 Å². The molecular formula is C14H14N2O4S. The third kappa shape index (κ3) is 3.36. The number of thioether (sulfide) groups is 1. The van der Waals surface area contributed by atoms with Crippen LogP contribution in [-0.4, -0.2) is 35.1 Å². The summed E-state index contributed by atoms with van der Waals surface area (Å²) in [6, 6.07) is 7.68. The highest BCUT2D eigenvalue weighted by Crippen LogP contribution is 2.28. The van der Waals surface area contributed by atoms with Gasteiger partial charge in [0.05, 0.1) is 20.1 Å². The topological polar surface area (TPSA) is 74.5 Å². The second-order valence-electron chi connectivity index (χ2n) is 4.55. The van der Waals surface area contributed by atoms with Crippen molar-refractivity contribution >= 4 is 17.7 Å². The normalized spacial score (nSPS) is 17.8. The Kier molecular flexibility index (Phi) is 4.10. The van der Waals surface area contributed by atoms with E-state index in [9.17, 15) is 4.79 Å². The first-order valence-corrected chi connectivity index (χ1v) is 7.41. The van der Waals surface area contributed by atoms with E-state index >= 15 is 0 Å². The molecular weight excluding hydrogens is 292 g/mol. The number of hydrogen-bond donors (Lipinski definition) is 0. The number of ether oxygens (including phenoxy) is 2. The molecule has 7 heteroatoms. The number of cyclic esters (lactones) is 1. The van der Waals surface area contributed by atoms with E-state index < -0.39 is 0 Å². The first kappa shape index (κ1) is 13.9. The first-order valence-electron chi connectivity index (χ1n) is 6.53. The number of benzene rings is 1. The van der Waals surface area contributed by atoms with Gasteiger partial charge in [-0.1, -0.05) is 12.1 Å². The van der Waals surface area contributed by atoms with Gasteiger partial charge in [0.2, 0.25) is 5.89 Å². The summed E-state index contributed by atoms with van der Waals surface area (Å²) in [4.78, 5) is 11.4. The Morgan fingerprint density at radius 1 is 1.43 bits per heavy atom. The molecule has 3 rings (SSSR count). The Bertz CT molecular complexity index is 643. The van der Waals surface area contributed by atoms with Crippen LogP contribution in [0.25, 0.3) is 0 Å². The van der Waals surface area contributed by atoms with E-state index in [1.54, 1.807) is 7.11 Å². The fourth-order valence-electron chi connectivity index (χ4n) is 2.02. The highest BCUT2D eigenvalue weighted by atomic mass is 32.2. The summed E-state index contributed by atoms with van der Waals surface area (Å²) in [6.07, 6.45) is 1.21. The van der Waals surface area contributed by atoms with Crippen molar-refractivity contribution in [3.63, 3.8) is 0 Å². The molecule has 0 radical (unpaired) electrons. The SMILES string of the molecule is COc1cccc(Cc2nnc(SC3CCOC3=O)o2)c1. The fourth-order valence-corrected chi connectivity index (χ4v) is 2.87. The zero-order valence-electron chi connectivity index (χ0n) is 11.4. The minimum atomic E-state index is -0.241. The number of nitrogens with zero attached hydrogens (tertiary/aromatic N) is 2. The Morgan fingerprint density at radius 3 is 3.10 bits per heavy atom. The molecule has 1 aromatic carbocycles. The lowest BCUT2D eigenvalue weighted by molar-refractivity contribution is -0.137. The van der Waals surface area contributed by atoms with Crippen molar-refractivity contribution in [2.45, 2.75) is 23.3 Å². The lowest BCUT2D eigenvalue weighted by atomic mass is 10.1. The van der Waals surface area contributed by atoms with Gasteiger partial charge < -0.3 is 13.9 Å². The van der Waals surface area contributed by atoms with Crippen LogP contribution in [0.2, 0.25) is 0 Å². The largest absolute Gasteiger partial charge is 0.497 e. The van der Waals surface area contributed by atoms with E-state index in [4.69, 9.17) is 13.9 Å². The molecule has 1 unspecified atom stereocenters. The third-order valence-corrected chi connectivity index (χ3v) is 4.15. The van der Waals surface area contributed by atoms with Crippen LogP contribution in [0.5, 0.6) is 5.75 Å². The quantitative estimate of drug-likeness (QED) is 0.783. The molecule has 2 aromatic rings. The van der Waals surface area contributed by atoms with Crippen molar-refractivity contribution in [1.29, 1.82) is 0 Å². The molecule has 1 aliphatic rings. The molecule has 0 N–H and O–H groups in total. The summed E-state index contributed by atoms with van der Waals surface area (Å²) >= 11 is 1.26. The maximum Gasteiger partial charge on any atom is 0.319 e. The molecule has 0 bridgehead atoms. The van der Waals surface area contributed by atoms with Crippen LogP contribution in [-0.2, 0) is 16.0 Å². The molecule has 6 nitrogen and oxygen atoms in total. The van der Waals surface area contributed by atoms with E-state index in [2.05, 4.69) is 10.2 Å². The van der Waals surface area contributed by atoms with E-state index in [1.165, 1.54) is 11.8 Å². The van der Waals surface area contributed by atoms with Gasteiger partial charge in [-0.15, -0.1) is 10.2 Å². The molecule has 110 valence electrons. The molecule has 1 aliphatic heterocycles. The lowest BCUT2D eigenvalue weighted by Crippen LogP contribution is -2.09. The van der Waals surface area contributed by atoms with Gasteiger partial charge in [-0.3, -0.25) is 4.79 Å². The number of hydrogen-bond acceptors (Lipinski definition) is 7. The molecule has 1 saturated heterocycles. The number of carbonyl (C=O) groups excluding carboxylic acids is 1. The Balaban J connectivity index is 1.65. The fraction of sp³-hybridized carbons (Fsp3) is 0.357. The van der Waals surface area contributed by atoms with Crippen molar-refractivity contribution < 1.29 is 18.7 Å². The summed E-state index contributed by atoms with van der Waals surface area (Å²) in [7, 11) is 1.63. The predicted octanol–water partition coefficient (Wildman–Crippen LogP) is 2.08. The molecule has 0 saturated carbocycles. The van der Waals surface area contributed by atoms with Gasteiger partial charge in [0.25, 0.3) is 5.22 Å². The van der Waals surface area contributed by atoms with Gasteiger partial charge in [0.1, 0.15) is 11.0 Å². The smallest absolute Gasteiger partial charge is 0.319 e. The molecule has 1 atom stereocenters. The van der Waals surface area contributed by atoms with Crippen LogP contribution < -0.4 is 4.74 Å². The van der Waals surface area contributed by atoms with Gasteiger partial charge in [-0.2, -0.15) is 0 Å². The first-order chi connectivity index (χ1) is 10.2. The Labute approximate surface area is 125 Å². The van der Waals surface area contributed by atoms with Crippen molar-refractivity contribution in [1.82, 2.24) is 10.2 Å². The van der Waals surface area contributed by atoms with Crippen LogP contribution in [0, 0.1) is 0 Å². The number of aromatic nitrogens is 2. The zero-order chi connectivity index (χ0) is 14.7. The van der Waals surface area contributed by atoms with Gasteiger partial charge in [0, 0.05) is 6.42 Å². The average molecular weight is 306 g/mol. The second kappa shape index (κ2) is 6.17. The summed E-state index contributed by atoms with van der Waals surface area (Å²) in [6.45, 7) is 0.460. The number of methoxy groups -OCH3 is 1. The standard InChI is InChI=1S/C14H14N2O4S/c1-18-10-4-2-3-9(7-10)8-12-15-16-14(20-12)21-11-5-6-19-13(11)17/h2-4,7,11H,5-6,8H2,1H3. The number of esters is 1. The Morgan fingerprint density at radius 2 is 2.33 bits per heavy atom. The number of carbonyl (C=O) groups is 1. The van der Waals surface area contributed by atoms with E-state index in [-0.39, 0.29) is 11.2 Å². The summed E-state index contributed by atoms with van der Waals surface area (Å²) < 4.78 is 15.6. The molecule has 21 heavy (non-hydrogen) atoms. The molecule has 0 amide bonds. The predicted molar refractivity (Wildman–Crippen MR) is 75.3 cm³/mol. The summed E-state index contributed by atoms with van der Waals surface area (Å²) in [5, 5.41) is 8.12. The van der Waals surface area contributed by atoms with Gasteiger partial charge in [-0.25, -0.2) is 0 Å². The maximum atomic E-state index is 11.4. The second-order valence-corrected chi connectivity index (χ2v) is 5.71. The van der Waals surface area contributed by atoms with Gasteiger partial charge in [0.15, 0.2) is 0 Å². The lowest BCUT2D eigenvalue weighted by Gasteiger charge is -2.02. The van der Waals surface area contributed by atoms with Gasteiger partial charge >= 0.3 is 5.97 Å². The van der Waals surface area contributed by atoms with Crippen molar-refractivity contribution in [2.75, 3.05) is 13.7 Å². The molecule has 0 aliphatic carbocycles. The maximum absolute atomic E-state index is 11.4. The minimum absolute atomic E-state index is 0.215. The van der Waals surface area contributed by atoms with Gasteiger partial charge in [-0.05, 0) is 29.5 Å². The summed E-state index contributed by atoms with van der Waals surface area (Å²) in [5.74, 6) is 1.08. The minimum Gasteiger partial charge on any atom is -0.497 e. The molecule has 1 fully saturated rings. The highest BCUT2D eigenvalue weighted by Gasteiger charge is 2.29. The van der Waals surface area contributed by atoms with Crippen LogP contribution in [0.15, 0.2) is 33.9 Å². The zero-order valence-corrected chi connectivity index (χ0v) is 12.3. The van der Waals surface area contributed by atoms with E-state index in [0.29, 0.717) is 30.6 Å². The van der Waals surface area contributed by atoms with Crippen molar-refractivity contribution in [3.8, 4) is 5.75 Å². The molecule has 0 spiro atoms. The monoisotopic (exact) mass is 306 g/mol. The average Bonchev–Trinajstić information content (AvgIpc) is 3.10.